The van der Waals surface area contributed by atoms with E-state index in [9.17, 15) is 4.79 Å². The molecule has 1 aromatic heterocycles. The number of amides is 1. The van der Waals surface area contributed by atoms with E-state index < -0.39 is 0 Å². The van der Waals surface area contributed by atoms with E-state index in [2.05, 4.69) is 5.10 Å². The summed E-state index contributed by atoms with van der Waals surface area (Å²) in [6.45, 7) is 7.14. The summed E-state index contributed by atoms with van der Waals surface area (Å²) < 4.78 is 1.81. The Morgan fingerprint density at radius 1 is 1.40 bits per heavy atom. The number of aromatic nitrogens is 2. The molecule has 0 aliphatic carbocycles. The molecule has 1 aliphatic heterocycles. The minimum atomic E-state index is 0.141. The third kappa shape index (κ3) is 2.58. The fourth-order valence-corrected chi connectivity index (χ4v) is 1.59. The molecule has 0 radical (unpaired) electrons. The molecule has 4 nitrogen and oxygen atoms in total. The summed E-state index contributed by atoms with van der Waals surface area (Å²) in [5.74, 6) is 0.141. The smallest absolute Gasteiger partial charge is 0.244 e. The number of hydrogen-bond donors (Lipinski definition) is 0. The van der Waals surface area contributed by atoms with Crippen LogP contribution >= 0.6 is 0 Å². The van der Waals surface area contributed by atoms with Gasteiger partial charge in [-0.25, -0.2) is 0 Å². The van der Waals surface area contributed by atoms with Crippen LogP contribution in [0.2, 0.25) is 0 Å². The first-order chi connectivity index (χ1) is 7.16. The Morgan fingerprint density at radius 2 is 2.07 bits per heavy atom. The molecule has 4 heteroatoms. The Balaban J connectivity index is 0.000000531. The zero-order valence-electron chi connectivity index (χ0n) is 9.95. The van der Waals surface area contributed by atoms with Crippen LogP contribution < -0.4 is 0 Å². The van der Waals surface area contributed by atoms with Gasteiger partial charge in [0.15, 0.2) is 0 Å². The van der Waals surface area contributed by atoms with Crippen LogP contribution in [0.1, 0.15) is 25.2 Å². The first-order valence-corrected chi connectivity index (χ1v) is 5.44. The van der Waals surface area contributed by atoms with Gasteiger partial charge in [0.2, 0.25) is 5.91 Å². The molecule has 1 aromatic rings. The molecule has 0 saturated heterocycles. The third-order valence-corrected chi connectivity index (χ3v) is 2.40. The Bertz CT molecular complexity index is 344. The van der Waals surface area contributed by atoms with Crippen molar-refractivity contribution >= 4 is 5.91 Å². The normalized spacial score (nSPS) is 15.2. The number of rotatable bonds is 0. The molecule has 0 fully saturated rings. The number of fused-ring (bicyclic) bond motifs is 1. The molecule has 0 saturated carbocycles. The van der Waals surface area contributed by atoms with Gasteiger partial charge in [0, 0.05) is 25.7 Å². The van der Waals surface area contributed by atoms with Gasteiger partial charge in [0.1, 0.15) is 6.54 Å². The van der Waals surface area contributed by atoms with Crippen molar-refractivity contribution in [2.24, 2.45) is 0 Å². The van der Waals surface area contributed by atoms with Gasteiger partial charge in [0.25, 0.3) is 0 Å². The monoisotopic (exact) mass is 209 g/mol. The lowest BCUT2D eigenvalue weighted by molar-refractivity contribution is -0.130. The lowest BCUT2D eigenvalue weighted by Gasteiger charge is -2.11. The maximum atomic E-state index is 11.5. The van der Waals surface area contributed by atoms with Crippen LogP contribution in [0.5, 0.6) is 0 Å². The van der Waals surface area contributed by atoms with Crippen LogP contribution in [0, 0.1) is 6.92 Å². The quantitative estimate of drug-likeness (QED) is 0.644. The summed E-state index contributed by atoms with van der Waals surface area (Å²) in [5, 5.41) is 4.27. The molecule has 1 amide bonds. The first kappa shape index (κ1) is 11.8. The first-order valence-electron chi connectivity index (χ1n) is 5.44. The summed E-state index contributed by atoms with van der Waals surface area (Å²) in [6.07, 6.45) is 0.906. The van der Waals surface area contributed by atoms with Crippen LogP contribution in [0.3, 0.4) is 0 Å². The Kier molecular flexibility index (Phi) is 3.88. The zero-order chi connectivity index (χ0) is 11.4. The maximum absolute atomic E-state index is 11.5. The second-order valence-corrected chi connectivity index (χ2v) is 3.50. The SMILES string of the molecule is CC.Cc1cc2n(n1)CC(=O)N(C)CC2. The zero-order valence-corrected chi connectivity index (χ0v) is 9.95. The Morgan fingerprint density at radius 3 is 2.73 bits per heavy atom. The minimum Gasteiger partial charge on any atom is -0.344 e. The van der Waals surface area contributed by atoms with Gasteiger partial charge < -0.3 is 4.90 Å². The van der Waals surface area contributed by atoms with Crippen molar-refractivity contribution in [2.75, 3.05) is 13.6 Å². The molecule has 0 atom stereocenters. The molecule has 15 heavy (non-hydrogen) atoms. The highest BCUT2D eigenvalue weighted by atomic mass is 16.2. The van der Waals surface area contributed by atoms with Gasteiger partial charge in [-0.3, -0.25) is 9.48 Å². The van der Waals surface area contributed by atoms with Crippen LogP contribution in [-0.4, -0.2) is 34.2 Å². The van der Waals surface area contributed by atoms with Crippen molar-refractivity contribution in [3.63, 3.8) is 0 Å². The predicted octanol–water partition coefficient (Wildman–Crippen LogP) is 1.23. The van der Waals surface area contributed by atoms with Gasteiger partial charge in [-0.1, -0.05) is 13.8 Å². The van der Waals surface area contributed by atoms with Crippen molar-refractivity contribution in [3.8, 4) is 0 Å². The molecule has 0 aromatic carbocycles. The number of carbonyl (C=O) groups excluding carboxylic acids is 1. The fourth-order valence-electron chi connectivity index (χ4n) is 1.59. The second kappa shape index (κ2) is 4.96. The molecule has 0 bridgehead atoms. The van der Waals surface area contributed by atoms with Crippen LogP contribution in [0.4, 0.5) is 0 Å². The lowest BCUT2D eigenvalue weighted by Crippen LogP contribution is -2.28. The van der Waals surface area contributed by atoms with E-state index in [4.69, 9.17) is 0 Å². The molecule has 0 unspecified atom stereocenters. The number of aryl methyl sites for hydroxylation is 1. The second-order valence-electron chi connectivity index (χ2n) is 3.50. The standard InChI is InChI=1S/C9H13N3O.C2H6/c1-7-5-8-3-4-11(2)9(13)6-12(8)10-7;1-2/h5H,3-4,6H2,1-2H3;1-2H3. The maximum Gasteiger partial charge on any atom is 0.244 e. The average molecular weight is 209 g/mol. The van der Waals surface area contributed by atoms with Crippen molar-refractivity contribution in [1.29, 1.82) is 0 Å². The molecular formula is C11H19N3O. The average Bonchev–Trinajstić information content (AvgIpc) is 2.52. The van der Waals surface area contributed by atoms with E-state index >= 15 is 0 Å². The van der Waals surface area contributed by atoms with Gasteiger partial charge in [-0.05, 0) is 13.0 Å². The van der Waals surface area contributed by atoms with Gasteiger partial charge in [0.05, 0.1) is 5.69 Å². The van der Waals surface area contributed by atoms with E-state index in [1.165, 1.54) is 0 Å². The molecular weight excluding hydrogens is 190 g/mol. The van der Waals surface area contributed by atoms with E-state index in [0.29, 0.717) is 6.54 Å². The number of likely N-dealkylation sites (N-methyl/N-ethyl adjacent to an activating group) is 1. The Hall–Kier alpha value is -1.32. The summed E-state index contributed by atoms with van der Waals surface area (Å²) in [7, 11) is 1.83. The van der Waals surface area contributed by atoms with E-state index in [0.717, 1.165) is 24.4 Å². The Labute approximate surface area is 90.9 Å². The highest BCUT2D eigenvalue weighted by molar-refractivity contribution is 5.76. The predicted molar refractivity (Wildman–Crippen MR) is 59.7 cm³/mol. The van der Waals surface area contributed by atoms with Gasteiger partial charge >= 0.3 is 0 Å². The molecule has 2 rings (SSSR count). The molecule has 84 valence electrons. The number of nitrogens with zero attached hydrogens (tertiary/aromatic N) is 3. The van der Waals surface area contributed by atoms with E-state index in [1.54, 1.807) is 9.58 Å². The van der Waals surface area contributed by atoms with Crippen LogP contribution in [-0.2, 0) is 17.8 Å². The van der Waals surface area contributed by atoms with Crippen molar-refractivity contribution in [3.05, 3.63) is 17.5 Å². The third-order valence-electron chi connectivity index (χ3n) is 2.40. The highest BCUT2D eigenvalue weighted by Crippen LogP contribution is 2.09. The number of carbonyl (C=O) groups is 1. The van der Waals surface area contributed by atoms with Crippen LogP contribution in [0.15, 0.2) is 6.07 Å². The van der Waals surface area contributed by atoms with Crippen molar-refractivity contribution in [1.82, 2.24) is 14.7 Å². The van der Waals surface area contributed by atoms with Crippen LogP contribution in [0.25, 0.3) is 0 Å². The molecule has 0 spiro atoms. The largest absolute Gasteiger partial charge is 0.344 e. The fraction of sp³-hybridized carbons (Fsp3) is 0.636. The summed E-state index contributed by atoms with van der Waals surface area (Å²) in [5.41, 5.74) is 2.16. The molecule has 1 aliphatic rings. The summed E-state index contributed by atoms with van der Waals surface area (Å²) in [4.78, 5) is 13.2. The van der Waals surface area contributed by atoms with E-state index in [-0.39, 0.29) is 5.91 Å². The lowest BCUT2D eigenvalue weighted by atomic mass is 10.3. The summed E-state index contributed by atoms with van der Waals surface area (Å²) in [6, 6.07) is 2.05. The van der Waals surface area contributed by atoms with Gasteiger partial charge in [-0.15, -0.1) is 0 Å². The van der Waals surface area contributed by atoms with Crippen molar-refractivity contribution in [2.45, 2.75) is 33.7 Å². The topological polar surface area (TPSA) is 38.1 Å². The van der Waals surface area contributed by atoms with Crippen molar-refractivity contribution < 1.29 is 4.79 Å². The summed E-state index contributed by atoms with van der Waals surface area (Å²) >= 11 is 0. The number of hydrogen-bond acceptors (Lipinski definition) is 2. The van der Waals surface area contributed by atoms with E-state index in [1.807, 2.05) is 33.9 Å². The van der Waals surface area contributed by atoms with Gasteiger partial charge in [-0.2, -0.15) is 5.10 Å². The molecule has 0 N–H and O–H groups in total. The minimum absolute atomic E-state index is 0.141. The highest BCUT2D eigenvalue weighted by Gasteiger charge is 2.17. The molecule has 2 heterocycles.